The van der Waals surface area contributed by atoms with Crippen LogP contribution in [0.25, 0.3) is 10.9 Å². The molecule has 5 heteroatoms. The molecule has 0 fully saturated rings. The largest absolute Gasteiger partial charge is 0.480 e. The van der Waals surface area contributed by atoms with Crippen LogP contribution in [0.15, 0.2) is 18.2 Å². The van der Waals surface area contributed by atoms with Crippen LogP contribution >= 0.6 is 0 Å². The zero-order valence-corrected chi connectivity index (χ0v) is 10.8. The van der Waals surface area contributed by atoms with Crippen LogP contribution in [0.2, 0.25) is 0 Å². The quantitative estimate of drug-likeness (QED) is 0.885. The number of aromatic carboxylic acids is 1. The molecule has 100 valence electrons. The molecule has 2 aromatic rings. The van der Waals surface area contributed by atoms with E-state index in [4.69, 9.17) is 5.11 Å². The number of fused-ring (bicyclic) bond motifs is 1. The third-order valence-electron chi connectivity index (χ3n) is 3.29. The minimum Gasteiger partial charge on any atom is -0.480 e. The van der Waals surface area contributed by atoms with Gasteiger partial charge in [-0.25, -0.2) is 4.79 Å². The van der Waals surface area contributed by atoms with Gasteiger partial charge in [0, 0.05) is 10.9 Å². The van der Waals surface area contributed by atoms with E-state index in [0.717, 1.165) is 17.4 Å². The molecule has 0 bridgehead atoms. The molecule has 2 rings (SSSR count). The van der Waals surface area contributed by atoms with Crippen LogP contribution in [-0.4, -0.2) is 26.7 Å². The molecular formula is C14H15NO4. The van der Waals surface area contributed by atoms with E-state index in [2.05, 4.69) is 0 Å². The molecular weight excluding hydrogens is 246 g/mol. The van der Waals surface area contributed by atoms with Gasteiger partial charge in [-0.15, -0.1) is 0 Å². The summed E-state index contributed by atoms with van der Waals surface area (Å²) >= 11 is 0. The summed E-state index contributed by atoms with van der Waals surface area (Å²) in [6.45, 7) is 3.38. The Morgan fingerprint density at radius 1 is 1.26 bits per heavy atom. The van der Waals surface area contributed by atoms with Gasteiger partial charge in [0.1, 0.15) is 12.2 Å². The van der Waals surface area contributed by atoms with Crippen molar-refractivity contribution >= 4 is 22.8 Å². The van der Waals surface area contributed by atoms with Gasteiger partial charge in [0.05, 0.1) is 0 Å². The van der Waals surface area contributed by atoms with E-state index in [-0.39, 0.29) is 12.2 Å². The molecule has 19 heavy (non-hydrogen) atoms. The molecule has 0 saturated heterocycles. The topological polar surface area (TPSA) is 79.5 Å². The van der Waals surface area contributed by atoms with Crippen molar-refractivity contribution in [1.29, 1.82) is 0 Å². The first-order chi connectivity index (χ1) is 8.95. The fraction of sp³-hybridized carbons (Fsp3) is 0.286. The van der Waals surface area contributed by atoms with Crippen molar-refractivity contribution in [2.24, 2.45) is 0 Å². The monoisotopic (exact) mass is 261 g/mol. The molecule has 0 spiro atoms. The van der Waals surface area contributed by atoms with Crippen molar-refractivity contribution < 1.29 is 19.8 Å². The Morgan fingerprint density at radius 2 is 1.95 bits per heavy atom. The number of nitrogens with zero attached hydrogens (tertiary/aromatic N) is 1. The fourth-order valence-electron chi connectivity index (χ4n) is 2.36. The minimum absolute atomic E-state index is 0.0469. The number of carboxylic acids is 2. The van der Waals surface area contributed by atoms with Crippen molar-refractivity contribution in [2.75, 3.05) is 0 Å². The summed E-state index contributed by atoms with van der Waals surface area (Å²) in [6, 6.07) is 5.61. The molecule has 0 atom stereocenters. The lowest BCUT2D eigenvalue weighted by Crippen LogP contribution is -2.15. The lowest BCUT2D eigenvalue weighted by Gasteiger charge is -2.05. The average molecular weight is 261 g/mol. The maximum atomic E-state index is 11.3. The lowest BCUT2D eigenvalue weighted by atomic mass is 10.1. The highest BCUT2D eigenvalue weighted by atomic mass is 16.4. The van der Waals surface area contributed by atoms with E-state index in [0.29, 0.717) is 11.1 Å². The zero-order valence-electron chi connectivity index (χ0n) is 10.8. The second-order valence-electron chi connectivity index (χ2n) is 4.46. The highest BCUT2D eigenvalue weighted by molar-refractivity contribution is 5.99. The Morgan fingerprint density at radius 3 is 2.47 bits per heavy atom. The van der Waals surface area contributed by atoms with Crippen LogP contribution in [0.4, 0.5) is 0 Å². The third kappa shape index (κ3) is 2.19. The Bertz CT molecular complexity index is 670. The van der Waals surface area contributed by atoms with Crippen molar-refractivity contribution in [3.05, 3.63) is 35.0 Å². The summed E-state index contributed by atoms with van der Waals surface area (Å²) in [5.74, 6) is -2.16. The predicted molar refractivity (Wildman–Crippen MR) is 70.6 cm³/mol. The Kier molecular flexibility index (Phi) is 3.29. The molecule has 0 radical (unpaired) electrons. The number of hydrogen-bond donors (Lipinski definition) is 2. The molecule has 5 nitrogen and oxygen atoms in total. The summed E-state index contributed by atoms with van der Waals surface area (Å²) < 4.78 is 1.34. The molecule has 1 aromatic carbocycles. The van der Waals surface area contributed by atoms with Gasteiger partial charge in [-0.2, -0.15) is 0 Å². The number of hydrogen-bond acceptors (Lipinski definition) is 2. The van der Waals surface area contributed by atoms with Crippen LogP contribution in [0.1, 0.15) is 28.5 Å². The summed E-state index contributed by atoms with van der Waals surface area (Å²) in [7, 11) is 0. The van der Waals surface area contributed by atoms with Gasteiger partial charge in [-0.05, 0) is 36.6 Å². The number of rotatable bonds is 4. The first-order valence-electron chi connectivity index (χ1n) is 6.02. The van der Waals surface area contributed by atoms with Crippen molar-refractivity contribution in [2.45, 2.75) is 26.8 Å². The Hall–Kier alpha value is -2.30. The molecule has 0 amide bonds. The summed E-state index contributed by atoms with van der Waals surface area (Å²) in [4.78, 5) is 22.2. The van der Waals surface area contributed by atoms with Crippen molar-refractivity contribution in [3.8, 4) is 0 Å². The second kappa shape index (κ2) is 4.76. The van der Waals surface area contributed by atoms with E-state index in [1.807, 2.05) is 19.1 Å². The van der Waals surface area contributed by atoms with Crippen LogP contribution < -0.4 is 0 Å². The minimum atomic E-state index is -1.10. The van der Waals surface area contributed by atoms with Crippen LogP contribution in [0.5, 0.6) is 0 Å². The summed E-state index contributed by atoms with van der Waals surface area (Å²) in [6.07, 6.45) is 0.849. The molecule has 1 aromatic heterocycles. The summed E-state index contributed by atoms with van der Waals surface area (Å²) in [5.41, 5.74) is 2.40. The smallest absolute Gasteiger partial charge is 0.352 e. The number of aliphatic carboxylic acids is 1. The molecule has 0 saturated carbocycles. The normalized spacial score (nSPS) is 10.8. The summed E-state index contributed by atoms with van der Waals surface area (Å²) in [5, 5.41) is 19.0. The zero-order chi connectivity index (χ0) is 14.2. The van der Waals surface area contributed by atoms with Gasteiger partial charge in [-0.3, -0.25) is 4.79 Å². The first-order valence-corrected chi connectivity index (χ1v) is 6.02. The van der Waals surface area contributed by atoms with Gasteiger partial charge in [-0.1, -0.05) is 13.0 Å². The first kappa shape index (κ1) is 13.1. The third-order valence-corrected chi connectivity index (χ3v) is 3.29. The van der Waals surface area contributed by atoms with Gasteiger partial charge in [0.2, 0.25) is 0 Å². The van der Waals surface area contributed by atoms with Gasteiger partial charge < -0.3 is 14.8 Å². The lowest BCUT2D eigenvalue weighted by molar-refractivity contribution is -0.137. The van der Waals surface area contributed by atoms with Crippen LogP contribution in [0.3, 0.4) is 0 Å². The number of aromatic nitrogens is 1. The van der Waals surface area contributed by atoms with Gasteiger partial charge in [0.25, 0.3) is 0 Å². The predicted octanol–water partition coefficient (Wildman–Crippen LogP) is 2.29. The Labute approximate surface area is 110 Å². The SMILES string of the molecule is CCc1ccc2c(c1)c(C)c(C(=O)O)n2CC(=O)O. The Balaban J connectivity index is 2.79. The van der Waals surface area contributed by atoms with E-state index in [1.54, 1.807) is 13.0 Å². The highest BCUT2D eigenvalue weighted by Gasteiger charge is 2.21. The molecule has 0 aliphatic carbocycles. The van der Waals surface area contributed by atoms with Crippen LogP contribution in [0, 0.1) is 6.92 Å². The van der Waals surface area contributed by atoms with E-state index in [9.17, 15) is 14.7 Å². The number of carboxylic acid groups (broad SMARTS) is 2. The number of aryl methyl sites for hydroxylation is 2. The standard InChI is InChI=1S/C14H15NO4/c1-3-9-4-5-11-10(6-9)8(2)13(14(18)19)15(11)7-12(16)17/h4-6H,3,7H2,1-2H3,(H,16,17)(H,18,19). The van der Waals surface area contributed by atoms with Gasteiger partial charge >= 0.3 is 11.9 Å². The van der Waals surface area contributed by atoms with Crippen molar-refractivity contribution in [3.63, 3.8) is 0 Å². The fourth-order valence-corrected chi connectivity index (χ4v) is 2.36. The number of carbonyl (C=O) groups is 2. The molecule has 2 N–H and O–H groups in total. The molecule has 1 heterocycles. The molecule has 0 aliphatic heterocycles. The van der Waals surface area contributed by atoms with Crippen molar-refractivity contribution in [1.82, 2.24) is 4.57 Å². The second-order valence-corrected chi connectivity index (χ2v) is 4.46. The maximum Gasteiger partial charge on any atom is 0.352 e. The van der Waals surface area contributed by atoms with Crippen LogP contribution in [-0.2, 0) is 17.8 Å². The maximum absolute atomic E-state index is 11.3. The van der Waals surface area contributed by atoms with E-state index in [1.165, 1.54) is 4.57 Å². The van der Waals surface area contributed by atoms with Gasteiger partial charge in [0.15, 0.2) is 0 Å². The number of benzene rings is 1. The highest BCUT2D eigenvalue weighted by Crippen LogP contribution is 2.27. The molecule has 0 aliphatic rings. The van der Waals surface area contributed by atoms with E-state index >= 15 is 0 Å². The molecule has 0 unspecified atom stereocenters. The van der Waals surface area contributed by atoms with E-state index < -0.39 is 11.9 Å². The average Bonchev–Trinajstić information content (AvgIpc) is 2.61.